The fraction of sp³-hybridized carbons (Fsp3) is 0.500. The zero-order valence-electron chi connectivity index (χ0n) is 26.9. The molecular weight excluding hydrogens is 593 g/mol. The Morgan fingerprint density at radius 2 is 1.71 bits per heavy atom. The van der Waals surface area contributed by atoms with Crippen LogP contribution in [0.15, 0.2) is 82.3 Å². The summed E-state index contributed by atoms with van der Waals surface area (Å²) < 4.78 is 5.92. The predicted molar refractivity (Wildman–Crippen MR) is 177 cm³/mol. The Labute approximate surface area is 307 Å². The summed E-state index contributed by atoms with van der Waals surface area (Å²) in [6, 6.07) is 5.93. The molecular formula is C32H49ClKN5O2S. The molecule has 0 aromatic heterocycles. The van der Waals surface area contributed by atoms with Gasteiger partial charge in [-0.2, -0.15) is 0 Å². The van der Waals surface area contributed by atoms with Gasteiger partial charge < -0.3 is 35.6 Å². The Kier molecular flexibility index (Phi) is 18.8. The van der Waals surface area contributed by atoms with Crippen LogP contribution >= 0.6 is 24.2 Å². The number of rotatable bonds is 5. The maximum Gasteiger partial charge on any atom is 1.00 e. The van der Waals surface area contributed by atoms with E-state index >= 15 is 0 Å². The van der Waals surface area contributed by atoms with E-state index < -0.39 is 0 Å². The number of ether oxygens (including phenoxy) is 1. The largest absolute Gasteiger partial charge is 1.00 e. The summed E-state index contributed by atoms with van der Waals surface area (Å²) in [7, 11) is 3.18. The minimum absolute atomic E-state index is 0. The van der Waals surface area contributed by atoms with Gasteiger partial charge in [-0.05, 0) is 49.4 Å². The van der Waals surface area contributed by atoms with E-state index in [1.807, 2.05) is 45.9 Å². The molecule has 5 rings (SSSR count). The number of thiol groups is 1. The summed E-state index contributed by atoms with van der Waals surface area (Å²) >= 11 is 10.6. The van der Waals surface area contributed by atoms with Crippen molar-refractivity contribution in [1.82, 2.24) is 20.4 Å². The summed E-state index contributed by atoms with van der Waals surface area (Å²) in [5, 5.41) is 19.7. The molecule has 1 saturated heterocycles. The monoisotopic (exact) mass is 641 g/mol. The van der Waals surface area contributed by atoms with Crippen LogP contribution in [-0.2, 0) is 4.74 Å². The molecule has 1 fully saturated rings. The molecule has 4 unspecified atom stereocenters. The number of benzene rings is 1. The minimum atomic E-state index is 0. The number of dihydropyridines is 1. The first kappa shape index (κ1) is 39.1. The molecule has 4 heterocycles. The second-order valence-electron chi connectivity index (χ2n) is 9.64. The first-order valence-electron chi connectivity index (χ1n) is 14.6. The Morgan fingerprint density at radius 3 is 2.36 bits per heavy atom. The van der Waals surface area contributed by atoms with E-state index in [2.05, 4.69) is 90.4 Å². The van der Waals surface area contributed by atoms with Crippen LogP contribution in [0.1, 0.15) is 41.5 Å². The van der Waals surface area contributed by atoms with Crippen LogP contribution < -0.4 is 62.0 Å². The third kappa shape index (κ3) is 10.9. The van der Waals surface area contributed by atoms with Gasteiger partial charge in [-0.25, -0.2) is 0 Å². The van der Waals surface area contributed by atoms with Gasteiger partial charge in [0, 0.05) is 49.4 Å². The van der Waals surface area contributed by atoms with Crippen LogP contribution in [0.4, 0.5) is 5.69 Å². The molecule has 0 aliphatic carbocycles. The average molecular weight is 642 g/mol. The molecule has 0 saturated carbocycles. The quantitative estimate of drug-likeness (QED) is 0.292. The molecule has 1 aromatic rings. The Bertz CT molecular complexity index is 1110. The summed E-state index contributed by atoms with van der Waals surface area (Å²) in [5.74, 6) is 1.16. The molecule has 0 spiro atoms. The molecule has 0 bridgehead atoms. The number of morpholine rings is 1. The van der Waals surface area contributed by atoms with E-state index in [1.54, 1.807) is 0 Å². The molecule has 1 aromatic carbocycles. The van der Waals surface area contributed by atoms with Crippen molar-refractivity contribution in [2.45, 2.75) is 70.7 Å². The molecule has 4 atom stereocenters. The number of nitrogens with one attached hydrogen (secondary N) is 2. The van der Waals surface area contributed by atoms with Crippen LogP contribution in [0.3, 0.4) is 0 Å². The number of fused-ring (bicyclic) bond motifs is 1. The predicted octanol–water partition coefficient (Wildman–Crippen LogP) is 3.39. The number of likely N-dealkylation sites (N-methyl/N-ethyl adjacent to an activating group) is 1. The van der Waals surface area contributed by atoms with Gasteiger partial charge >= 0.3 is 51.4 Å². The number of hydrogen-bond acceptors (Lipinski definition) is 7. The van der Waals surface area contributed by atoms with Crippen LogP contribution in [0, 0.1) is 0 Å². The number of allylic oxidation sites excluding steroid dienone is 4. The van der Waals surface area contributed by atoms with Gasteiger partial charge in [-0.15, -0.1) is 18.3 Å². The van der Waals surface area contributed by atoms with Gasteiger partial charge in [0.2, 0.25) is 0 Å². The second kappa shape index (κ2) is 20.2. The van der Waals surface area contributed by atoms with Crippen molar-refractivity contribution in [1.29, 1.82) is 0 Å². The molecule has 0 amide bonds. The molecule has 10 heteroatoms. The van der Waals surface area contributed by atoms with E-state index in [-0.39, 0.29) is 75.7 Å². The van der Waals surface area contributed by atoms with E-state index in [9.17, 15) is 0 Å². The second-order valence-corrected chi connectivity index (χ2v) is 10.6. The van der Waals surface area contributed by atoms with Gasteiger partial charge in [0.15, 0.2) is 0 Å². The summed E-state index contributed by atoms with van der Waals surface area (Å²) in [6.45, 7) is 15.5. The van der Waals surface area contributed by atoms with Gasteiger partial charge in [0.25, 0.3) is 0 Å². The fourth-order valence-corrected chi connectivity index (χ4v) is 5.76. The summed E-state index contributed by atoms with van der Waals surface area (Å²) in [6.07, 6.45) is 13.8. The van der Waals surface area contributed by atoms with Crippen molar-refractivity contribution in [3.8, 4) is 0 Å². The maximum absolute atomic E-state index is 7.00. The number of halogens is 1. The van der Waals surface area contributed by atoms with Crippen LogP contribution in [0.5, 0.6) is 0 Å². The van der Waals surface area contributed by atoms with Crippen molar-refractivity contribution in [2.24, 2.45) is 0 Å². The SMILES string of the molecule is CC.CC.CC1CN(C2=CC=CC(C3=CC=C4CNC(C[N-]c5cc(S)cc(Cl)c5)=CC4N3C)N2)CC(C)O1.CO.[K+]. The zero-order chi connectivity index (χ0) is 30.5. The summed E-state index contributed by atoms with van der Waals surface area (Å²) in [5.41, 5.74) is 4.56. The zero-order valence-corrected chi connectivity index (χ0v) is 31.6. The minimum Gasteiger partial charge on any atom is -0.679 e. The average Bonchev–Trinajstić information content (AvgIpc) is 2.99. The van der Waals surface area contributed by atoms with E-state index in [0.717, 1.165) is 48.8 Å². The smallest absolute Gasteiger partial charge is 0.679 e. The van der Waals surface area contributed by atoms with Crippen molar-refractivity contribution in [2.75, 3.05) is 40.3 Å². The topological polar surface area (TPSA) is 74.1 Å². The van der Waals surface area contributed by atoms with Crippen LogP contribution in [-0.4, -0.2) is 79.5 Å². The van der Waals surface area contributed by atoms with Gasteiger partial charge in [-0.1, -0.05) is 76.2 Å². The Morgan fingerprint density at radius 1 is 1.05 bits per heavy atom. The van der Waals surface area contributed by atoms with Gasteiger partial charge in [0.1, 0.15) is 5.82 Å². The normalized spacial score (nSPS) is 23.9. The first-order valence-corrected chi connectivity index (χ1v) is 15.4. The molecule has 4 aliphatic rings. The summed E-state index contributed by atoms with van der Waals surface area (Å²) in [4.78, 5) is 5.59. The number of aliphatic hydroxyl groups is 1. The fourth-order valence-electron chi connectivity index (χ4n) is 5.18. The first-order chi connectivity index (χ1) is 19.9. The van der Waals surface area contributed by atoms with Crippen LogP contribution in [0.2, 0.25) is 5.02 Å². The van der Waals surface area contributed by atoms with E-state index in [0.29, 0.717) is 11.6 Å². The van der Waals surface area contributed by atoms with Gasteiger partial charge in [-0.3, -0.25) is 0 Å². The van der Waals surface area contributed by atoms with Crippen molar-refractivity contribution in [3.05, 3.63) is 87.8 Å². The van der Waals surface area contributed by atoms with E-state index in [4.69, 9.17) is 26.8 Å². The number of hydrogen-bond donors (Lipinski definition) is 4. The standard InChI is InChI=1S/C27H33ClN5OS.2C2H6.CH4O.K/c1-17-15-33(16-18(2)34-17)27-6-4-5-24(31-27)25-8-7-19-13-29-22(12-26(19)32(25)3)14-30-21-9-20(28)10-23(35)11-21;3*1-2;/h4-12,17-18,24,26,29,31,35H,13-16H2,1-3H3;2*1-2H3;2H,1H3;/q-1;;;;+1. The molecule has 7 nitrogen and oxygen atoms in total. The molecule has 3 N–H and O–H groups in total. The van der Waals surface area contributed by atoms with Crippen molar-refractivity contribution in [3.63, 3.8) is 0 Å². The van der Waals surface area contributed by atoms with E-state index in [1.165, 1.54) is 11.3 Å². The van der Waals surface area contributed by atoms with Crippen molar-refractivity contribution < 1.29 is 61.2 Å². The molecule has 42 heavy (non-hydrogen) atoms. The molecule has 4 aliphatic heterocycles. The van der Waals surface area contributed by atoms with Crippen LogP contribution in [0.25, 0.3) is 5.32 Å². The Balaban J connectivity index is 0.00000119. The Hall–Kier alpha value is -0.884. The third-order valence-corrected chi connectivity index (χ3v) is 7.27. The third-order valence-electron chi connectivity index (χ3n) is 6.79. The number of aliphatic hydroxyl groups excluding tert-OH is 1. The van der Waals surface area contributed by atoms with Crippen molar-refractivity contribution >= 4 is 29.9 Å². The molecule has 228 valence electrons. The van der Waals surface area contributed by atoms with Gasteiger partial charge in [0.05, 0.1) is 24.3 Å². The number of nitrogens with zero attached hydrogens (tertiary/aromatic N) is 3. The molecule has 0 radical (unpaired) electrons. The maximum atomic E-state index is 7.00.